The number of nitrogens with one attached hydrogen (secondary N) is 1. The molecule has 0 radical (unpaired) electrons. The summed E-state index contributed by atoms with van der Waals surface area (Å²) in [5, 5.41) is 2.96. The van der Waals surface area contributed by atoms with Crippen molar-refractivity contribution in [2.45, 2.75) is 38.6 Å². The zero-order valence-electron chi connectivity index (χ0n) is 11.5. The first-order chi connectivity index (χ1) is 9.16. The Hall–Kier alpha value is -1.30. The van der Waals surface area contributed by atoms with Crippen molar-refractivity contribution >= 4 is 5.69 Å². The molecule has 0 aromatic heterocycles. The largest absolute Gasteiger partial charge is 0.416 e. The molecule has 20 heavy (non-hydrogen) atoms. The first-order valence-electron chi connectivity index (χ1n) is 6.32. The molecule has 0 aliphatic heterocycles. The monoisotopic (exact) mass is 291 g/mol. The van der Waals surface area contributed by atoms with E-state index in [4.69, 9.17) is 4.74 Å². The van der Waals surface area contributed by atoms with Crippen molar-refractivity contribution in [1.82, 2.24) is 0 Å². The fourth-order valence-electron chi connectivity index (χ4n) is 2.53. The van der Waals surface area contributed by atoms with Crippen LogP contribution in [0.25, 0.3) is 0 Å². The van der Waals surface area contributed by atoms with Crippen LogP contribution in [-0.2, 0) is 10.9 Å². The molecule has 0 spiro atoms. The Balaban J connectivity index is 2.12. The van der Waals surface area contributed by atoms with Gasteiger partial charge in [-0.3, -0.25) is 0 Å². The summed E-state index contributed by atoms with van der Waals surface area (Å²) >= 11 is 0. The predicted molar refractivity (Wildman–Crippen MR) is 68.0 cm³/mol. The van der Waals surface area contributed by atoms with Gasteiger partial charge in [-0.1, -0.05) is 13.8 Å². The lowest BCUT2D eigenvalue weighted by Gasteiger charge is -2.51. The van der Waals surface area contributed by atoms with Gasteiger partial charge < -0.3 is 10.1 Å². The second kappa shape index (κ2) is 4.91. The van der Waals surface area contributed by atoms with E-state index in [9.17, 15) is 17.6 Å². The lowest BCUT2D eigenvalue weighted by atomic mass is 9.64. The van der Waals surface area contributed by atoms with Crippen LogP contribution in [-0.4, -0.2) is 19.3 Å². The average Bonchev–Trinajstić information content (AvgIpc) is 2.34. The van der Waals surface area contributed by atoms with Crippen LogP contribution in [0.2, 0.25) is 0 Å². The number of rotatable bonds is 3. The lowest BCUT2D eigenvalue weighted by molar-refractivity contribution is -0.137. The molecule has 2 unspecified atom stereocenters. The van der Waals surface area contributed by atoms with E-state index in [1.54, 1.807) is 7.11 Å². The van der Waals surface area contributed by atoms with E-state index in [2.05, 4.69) is 5.32 Å². The van der Waals surface area contributed by atoms with Crippen LogP contribution in [0.1, 0.15) is 25.8 Å². The van der Waals surface area contributed by atoms with Gasteiger partial charge in [-0.05, 0) is 24.6 Å². The van der Waals surface area contributed by atoms with E-state index in [0.29, 0.717) is 12.5 Å². The van der Waals surface area contributed by atoms with Gasteiger partial charge >= 0.3 is 6.18 Å². The molecule has 1 aromatic carbocycles. The van der Waals surface area contributed by atoms with E-state index < -0.39 is 17.6 Å². The van der Waals surface area contributed by atoms with Gasteiger partial charge in [0.15, 0.2) is 0 Å². The third-order valence-corrected chi connectivity index (χ3v) is 4.09. The lowest BCUT2D eigenvalue weighted by Crippen LogP contribution is -2.57. The molecule has 0 saturated heterocycles. The summed E-state index contributed by atoms with van der Waals surface area (Å²) < 4.78 is 56.4. The van der Waals surface area contributed by atoms with Crippen LogP contribution in [0.3, 0.4) is 0 Å². The Morgan fingerprint density at radius 2 is 1.95 bits per heavy atom. The molecule has 1 N–H and O–H groups in total. The van der Waals surface area contributed by atoms with Crippen molar-refractivity contribution in [2.24, 2.45) is 5.41 Å². The van der Waals surface area contributed by atoms with Crippen molar-refractivity contribution in [2.75, 3.05) is 12.4 Å². The number of hydrogen-bond acceptors (Lipinski definition) is 2. The molecule has 2 atom stereocenters. The van der Waals surface area contributed by atoms with Gasteiger partial charge in [0.05, 0.1) is 17.4 Å². The SMILES string of the molecule is COC1CC(Nc2ccc(C(F)(F)F)cc2F)C1(C)C. The summed E-state index contributed by atoms with van der Waals surface area (Å²) in [6.07, 6.45) is -3.77. The molecule has 1 aromatic rings. The molecule has 1 fully saturated rings. The molecular weight excluding hydrogens is 274 g/mol. The molecule has 1 saturated carbocycles. The number of hydrogen-bond donors (Lipinski definition) is 1. The van der Waals surface area contributed by atoms with Crippen LogP contribution >= 0.6 is 0 Å². The van der Waals surface area contributed by atoms with Crippen LogP contribution in [0, 0.1) is 11.2 Å². The molecule has 112 valence electrons. The molecule has 1 aliphatic rings. The third-order valence-electron chi connectivity index (χ3n) is 4.09. The standard InChI is InChI=1S/C14H17F4NO/c1-13(2)11(7-12(13)20-3)19-10-5-4-8(6-9(10)15)14(16,17)18/h4-6,11-12,19H,7H2,1-3H3. The van der Waals surface area contributed by atoms with E-state index in [1.165, 1.54) is 0 Å². The minimum absolute atomic E-state index is 0.0290. The van der Waals surface area contributed by atoms with Gasteiger partial charge in [0.2, 0.25) is 0 Å². The predicted octanol–water partition coefficient (Wildman–Crippen LogP) is 4.07. The zero-order chi connectivity index (χ0) is 15.1. The van der Waals surface area contributed by atoms with E-state index >= 15 is 0 Å². The van der Waals surface area contributed by atoms with Crippen LogP contribution < -0.4 is 5.32 Å². The highest BCUT2D eigenvalue weighted by atomic mass is 19.4. The average molecular weight is 291 g/mol. The summed E-state index contributed by atoms with van der Waals surface area (Å²) in [4.78, 5) is 0. The fourth-order valence-corrected chi connectivity index (χ4v) is 2.53. The summed E-state index contributed by atoms with van der Waals surface area (Å²) in [7, 11) is 1.61. The van der Waals surface area contributed by atoms with Gasteiger partial charge in [-0.15, -0.1) is 0 Å². The Morgan fingerprint density at radius 3 is 2.40 bits per heavy atom. The molecule has 2 nitrogen and oxygen atoms in total. The van der Waals surface area contributed by atoms with Crippen LogP contribution in [0.5, 0.6) is 0 Å². The highest BCUT2D eigenvalue weighted by Gasteiger charge is 2.48. The van der Waals surface area contributed by atoms with E-state index in [-0.39, 0.29) is 23.2 Å². The second-order valence-corrected chi connectivity index (χ2v) is 5.67. The first-order valence-corrected chi connectivity index (χ1v) is 6.32. The molecule has 2 rings (SSSR count). The van der Waals surface area contributed by atoms with Crippen molar-refractivity contribution < 1.29 is 22.3 Å². The number of alkyl halides is 3. The Kier molecular flexibility index (Phi) is 3.71. The number of methoxy groups -OCH3 is 1. The Bertz CT molecular complexity index is 498. The van der Waals surface area contributed by atoms with Crippen LogP contribution in [0.4, 0.5) is 23.2 Å². The molecule has 0 amide bonds. The highest BCUT2D eigenvalue weighted by Crippen LogP contribution is 2.44. The molecule has 6 heteroatoms. The van der Waals surface area contributed by atoms with Crippen LogP contribution in [0.15, 0.2) is 18.2 Å². The second-order valence-electron chi connectivity index (χ2n) is 5.67. The minimum Gasteiger partial charge on any atom is -0.381 e. The fraction of sp³-hybridized carbons (Fsp3) is 0.571. The van der Waals surface area contributed by atoms with Gasteiger partial charge in [0.1, 0.15) is 5.82 Å². The molecule has 1 aliphatic carbocycles. The summed E-state index contributed by atoms with van der Waals surface area (Å²) in [6, 6.07) is 2.50. The summed E-state index contributed by atoms with van der Waals surface area (Å²) in [5.74, 6) is -0.892. The molecular formula is C14H17F4NO. The number of benzene rings is 1. The van der Waals surface area contributed by atoms with Gasteiger partial charge in [-0.2, -0.15) is 13.2 Å². The first kappa shape index (κ1) is 15.1. The van der Waals surface area contributed by atoms with Gasteiger partial charge in [0, 0.05) is 18.6 Å². The quantitative estimate of drug-likeness (QED) is 0.848. The van der Waals surface area contributed by atoms with E-state index in [0.717, 1.165) is 12.1 Å². The number of anilines is 1. The van der Waals surface area contributed by atoms with Gasteiger partial charge in [-0.25, -0.2) is 4.39 Å². The maximum Gasteiger partial charge on any atom is 0.416 e. The Morgan fingerprint density at radius 1 is 1.30 bits per heavy atom. The highest BCUT2D eigenvalue weighted by molar-refractivity contribution is 5.48. The normalized spacial score (nSPS) is 25.1. The smallest absolute Gasteiger partial charge is 0.381 e. The third kappa shape index (κ3) is 2.61. The summed E-state index contributed by atoms with van der Waals surface area (Å²) in [5.41, 5.74) is -1.09. The number of ether oxygens (including phenoxy) is 1. The number of halogens is 4. The topological polar surface area (TPSA) is 21.3 Å². The maximum absolute atomic E-state index is 13.7. The van der Waals surface area contributed by atoms with E-state index in [1.807, 2.05) is 13.8 Å². The summed E-state index contributed by atoms with van der Waals surface area (Å²) in [6.45, 7) is 3.95. The minimum atomic E-state index is -4.53. The Labute approximate surface area is 115 Å². The zero-order valence-corrected chi connectivity index (χ0v) is 11.5. The molecule has 0 heterocycles. The van der Waals surface area contributed by atoms with Gasteiger partial charge in [0.25, 0.3) is 0 Å². The van der Waals surface area contributed by atoms with Crippen molar-refractivity contribution in [1.29, 1.82) is 0 Å². The van der Waals surface area contributed by atoms with Crippen molar-refractivity contribution in [3.63, 3.8) is 0 Å². The van der Waals surface area contributed by atoms with Crippen molar-refractivity contribution in [3.8, 4) is 0 Å². The van der Waals surface area contributed by atoms with Crippen molar-refractivity contribution in [3.05, 3.63) is 29.6 Å². The molecule has 0 bridgehead atoms. The maximum atomic E-state index is 13.7.